The number of nitrogens with one attached hydrogen (secondary N) is 2. The topological polar surface area (TPSA) is 122 Å². The first-order valence-corrected chi connectivity index (χ1v) is 8.19. The van der Waals surface area contributed by atoms with Crippen LogP contribution in [0, 0.1) is 10.1 Å². The number of nitro groups is 1. The summed E-state index contributed by atoms with van der Waals surface area (Å²) >= 11 is 1.49. The van der Waals surface area contributed by atoms with Crippen molar-refractivity contribution in [3.05, 3.63) is 34.4 Å². The minimum atomic E-state index is -1.19. The van der Waals surface area contributed by atoms with Crippen LogP contribution in [0.3, 0.4) is 0 Å². The summed E-state index contributed by atoms with van der Waals surface area (Å²) in [5.41, 5.74) is -0.933. The molecule has 3 N–H and O–H groups in total. The van der Waals surface area contributed by atoms with E-state index in [1.165, 1.54) is 17.8 Å². The van der Waals surface area contributed by atoms with Crippen LogP contribution < -0.4 is 10.6 Å². The Bertz CT molecular complexity index is 616. The molecule has 0 spiro atoms. The number of para-hydroxylation sites is 2. The standard InChI is InChI=1S/C14H17N3O5S/c18-12(16-14(13(19)20)6-8-23-9-14)5-7-15-10-3-1-2-4-11(10)17(21)22/h1-4,15H,5-9H2,(H,16,18)(H,19,20). The quantitative estimate of drug-likeness (QED) is 0.508. The normalized spacial score (nSPS) is 20.0. The summed E-state index contributed by atoms with van der Waals surface area (Å²) in [7, 11) is 0. The lowest BCUT2D eigenvalue weighted by molar-refractivity contribution is -0.384. The van der Waals surface area contributed by atoms with Crippen molar-refractivity contribution in [3.8, 4) is 0 Å². The molecule has 124 valence electrons. The highest BCUT2D eigenvalue weighted by Crippen LogP contribution is 2.28. The third kappa shape index (κ3) is 4.13. The molecule has 23 heavy (non-hydrogen) atoms. The second-order valence-electron chi connectivity index (χ2n) is 5.19. The molecule has 2 rings (SSSR count). The molecule has 1 amide bonds. The van der Waals surface area contributed by atoms with Crippen molar-refractivity contribution in [3.63, 3.8) is 0 Å². The molecular weight excluding hydrogens is 322 g/mol. The van der Waals surface area contributed by atoms with E-state index in [4.69, 9.17) is 0 Å². The van der Waals surface area contributed by atoms with E-state index < -0.39 is 16.4 Å². The minimum absolute atomic E-state index is 0.0335. The number of rotatable bonds is 7. The highest BCUT2D eigenvalue weighted by atomic mass is 32.2. The molecule has 0 aromatic heterocycles. The molecule has 1 unspecified atom stereocenters. The van der Waals surface area contributed by atoms with Crippen molar-refractivity contribution < 1.29 is 19.6 Å². The Morgan fingerprint density at radius 3 is 2.74 bits per heavy atom. The van der Waals surface area contributed by atoms with Crippen LogP contribution in [-0.4, -0.2) is 45.5 Å². The van der Waals surface area contributed by atoms with E-state index in [-0.39, 0.29) is 24.6 Å². The lowest BCUT2D eigenvalue weighted by Crippen LogP contribution is -2.55. The first-order valence-electron chi connectivity index (χ1n) is 7.04. The average molecular weight is 339 g/mol. The Kier molecular flexibility index (Phi) is 5.43. The number of hydrogen-bond donors (Lipinski definition) is 3. The monoisotopic (exact) mass is 339 g/mol. The van der Waals surface area contributed by atoms with Crippen LogP contribution in [-0.2, 0) is 9.59 Å². The number of carbonyl (C=O) groups is 2. The zero-order valence-electron chi connectivity index (χ0n) is 12.3. The molecule has 1 atom stereocenters. The molecule has 1 aliphatic rings. The summed E-state index contributed by atoms with van der Waals surface area (Å²) in [5, 5.41) is 25.6. The van der Waals surface area contributed by atoms with Crippen LogP contribution in [0.2, 0.25) is 0 Å². The molecule has 0 radical (unpaired) electrons. The predicted octanol–water partition coefficient (Wildman–Crippen LogP) is 1.47. The van der Waals surface area contributed by atoms with Crippen molar-refractivity contribution in [2.24, 2.45) is 0 Å². The summed E-state index contributed by atoms with van der Waals surface area (Å²) in [6.07, 6.45) is 0.433. The number of aliphatic carboxylic acids is 1. The van der Waals surface area contributed by atoms with Crippen molar-refractivity contribution in [2.45, 2.75) is 18.4 Å². The van der Waals surface area contributed by atoms with Gasteiger partial charge in [0.15, 0.2) is 0 Å². The molecule has 1 aliphatic heterocycles. The summed E-state index contributed by atoms with van der Waals surface area (Å²) in [4.78, 5) is 33.7. The fraction of sp³-hybridized carbons (Fsp3) is 0.429. The average Bonchev–Trinajstić information content (AvgIpc) is 2.97. The van der Waals surface area contributed by atoms with Crippen molar-refractivity contribution in [1.82, 2.24) is 5.32 Å². The van der Waals surface area contributed by atoms with Crippen molar-refractivity contribution in [1.29, 1.82) is 0 Å². The van der Waals surface area contributed by atoms with E-state index in [1.807, 2.05) is 0 Å². The molecule has 1 fully saturated rings. The Morgan fingerprint density at radius 2 is 2.13 bits per heavy atom. The number of carboxylic acids is 1. The number of carbonyl (C=O) groups excluding carboxylic acids is 1. The van der Waals surface area contributed by atoms with Gasteiger partial charge in [0.05, 0.1) is 4.92 Å². The van der Waals surface area contributed by atoms with Gasteiger partial charge in [0.25, 0.3) is 5.69 Å². The molecule has 0 saturated carbocycles. The van der Waals surface area contributed by atoms with E-state index in [2.05, 4.69) is 10.6 Å². The molecule has 1 saturated heterocycles. The molecule has 9 heteroatoms. The summed E-state index contributed by atoms with van der Waals surface area (Å²) in [5.74, 6) is -0.365. The van der Waals surface area contributed by atoms with E-state index >= 15 is 0 Å². The van der Waals surface area contributed by atoms with Crippen LogP contribution >= 0.6 is 11.8 Å². The number of amides is 1. The van der Waals surface area contributed by atoms with E-state index in [1.54, 1.807) is 18.2 Å². The third-order valence-electron chi connectivity index (χ3n) is 3.58. The first-order chi connectivity index (χ1) is 10.9. The third-order valence-corrected chi connectivity index (χ3v) is 4.77. The number of thioether (sulfide) groups is 1. The summed E-state index contributed by atoms with van der Waals surface area (Å²) in [6.45, 7) is 0.180. The largest absolute Gasteiger partial charge is 0.479 e. The number of hydrogen-bond acceptors (Lipinski definition) is 6. The fourth-order valence-electron chi connectivity index (χ4n) is 2.31. The molecule has 1 heterocycles. The maximum atomic E-state index is 12.0. The van der Waals surface area contributed by atoms with E-state index in [9.17, 15) is 24.8 Å². The van der Waals surface area contributed by atoms with Gasteiger partial charge in [-0.05, 0) is 18.2 Å². The SMILES string of the molecule is O=C(CCNc1ccccc1[N+](=O)[O-])NC1(C(=O)O)CCSC1. The second kappa shape index (κ2) is 7.32. The molecule has 1 aromatic rings. The Balaban J connectivity index is 1.88. The van der Waals surface area contributed by atoms with Crippen LogP contribution in [0.15, 0.2) is 24.3 Å². The lowest BCUT2D eigenvalue weighted by atomic mass is 9.99. The highest BCUT2D eigenvalue weighted by molar-refractivity contribution is 7.99. The number of carboxylic acid groups (broad SMARTS) is 1. The minimum Gasteiger partial charge on any atom is -0.479 e. The fourth-order valence-corrected chi connectivity index (χ4v) is 3.63. The Hall–Kier alpha value is -2.29. The van der Waals surface area contributed by atoms with E-state index in [0.29, 0.717) is 23.6 Å². The van der Waals surface area contributed by atoms with Gasteiger partial charge < -0.3 is 15.7 Å². The first kappa shape index (κ1) is 17.1. The van der Waals surface area contributed by atoms with Gasteiger partial charge >= 0.3 is 5.97 Å². The summed E-state index contributed by atoms with van der Waals surface area (Å²) in [6, 6.07) is 6.15. The molecular formula is C14H17N3O5S. The number of nitro benzene ring substituents is 1. The van der Waals surface area contributed by atoms with Crippen LogP contribution in [0.25, 0.3) is 0 Å². The maximum absolute atomic E-state index is 12.0. The number of benzene rings is 1. The van der Waals surface area contributed by atoms with Gasteiger partial charge in [0, 0.05) is 24.8 Å². The molecule has 1 aromatic carbocycles. The van der Waals surface area contributed by atoms with Gasteiger partial charge in [-0.3, -0.25) is 14.9 Å². The van der Waals surface area contributed by atoms with Gasteiger partial charge in [-0.1, -0.05) is 12.1 Å². The van der Waals surface area contributed by atoms with Crippen LogP contribution in [0.4, 0.5) is 11.4 Å². The van der Waals surface area contributed by atoms with Crippen molar-refractivity contribution in [2.75, 3.05) is 23.4 Å². The maximum Gasteiger partial charge on any atom is 0.330 e. The van der Waals surface area contributed by atoms with Gasteiger partial charge in [0.1, 0.15) is 11.2 Å². The summed E-state index contributed by atoms with van der Waals surface area (Å²) < 4.78 is 0. The Labute approximate surface area is 136 Å². The zero-order chi connectivity index (χ0) is 16.9. The molecule has 0 aliphatic carbocycles. The Morgan fingerprint density at radius 1 is 1.39 bits per heavy atom. The van der Waals surface area contributed by atoms with Crippen molar-refractivity contribution >= 4 is 35.0 Å². The highest BCUT2D eigenvalue weighted by Gasteiger charge is 2.43. The number of nitrogens with zero attached hydrogens (tertiary/aromatic N) is 1. The molecule has 0 bridgehead atoms. The number of anilines is 1. The molecule has 8 nitrogen and oxygen atoms in total. The van der Waals surface area contributed by atoms with Gasteiger partial charge in [-0.25, -0.2) is 4.79 Å². The van der Waals surface area contributed by atoms with Crippen LogP contribution in [0.5, 0.6) is 0 Å². The predicted molar refractivity (Wildman–Crippen MR) is 86.7 cm³/mol. The van der Waals surface area contributed by atoms with Gasteiger partial charge in [-0.2, -0.15) is 11.8 Å². The van der Waals surface area contributed by atoms with Gasteiger partial charge in [0.2, 0.25) is 5.91 Å². The van der Waals surface area contributed by atoms with E-state index in [0.717, 1.165) is 0 Å². The second-order valence-corrected chi connectivity index (χ2v) is 6.29. The zero-order valence-corrected chi connectivity index (χ0v) is 13.1. The lowest BCUT2D eigenvalue weighted by Gasteiger charge is -2.24. The van der Waals surface area contributed by atoms with Gasteiger partial charge in [-0.15, -0.1) is 0 Å². The smallest absolute Gasteiger partial charge is 0.330 e. The van der Waals surface area contributed by atoms with Crippen LogP contribution in [0.1, 0.15) is 12.8 Å².